The summed E-state index contributed by atoms with van der Waals surface area (Å²) in [5, 5.41) is 25.1. The van der Waals surface area contributed by atoms with Crippen molar-refractivity contribution in [1.82, 2.24) is 15.2 Å². The van der Waals surface area contributed by atoms with E-state index < -0.39 is 18.2 Å². The fraction of sp³-hybridized carbons (Fsp3) is 0.292. The lowest BCUT2D eigenvalue weighted by molar-refractivity contribution is -0.0336. The molecule has 4 N–H and O–H groups in total. The molecule has 298 valence electrons. The molecule has 6 aromatic rings. The van der Waals surface area contributed by atoms with E-state index in [1.807, 2.05) is 66.7 Å². The van der Waals surface area contributed by atoms with Gasteiger partial charge < -0.3 is 34.7 Å². The van der Waals surface area contributed by atoms with Gasteiger partial charge in [0.25, 0.3) is 0 Å². The van der Waals surface area contributed by atoms with Crippen molar-refractivity contribution < 1.29 is 29.2 Å². The van der Waals surface area contributed by atoms with Gasteiger partial charge in [0.05, 0.1) is 24.8 Å². The van der Waals surface area contributed by atoms with Crippen LogP contribution in [0.1, 0.15) is 65.6 Å². The van der Waals surface area contributed by atoms with Gasteiger partial charge in [-0.2, -0.15) is 0 Å². The number of hydrogen-bond donors (Lipinski definition) is 4. The molecule has 1 aromatic heterocycles. The minimum Gasteiger partial charge on any atom is -0.506 e. The number of carbonyl (C=O) groups excluding carboxylic acids is 1. The van der Waals surface area contributed by atoms with Gasteiger partial charge in [-0.05, 0) is 121 Å². The van der Waals surface area contributed by atoms with Crippen molar-refractivity contribution in [2.45, 2.75) is 57.0 Å². The highest BCUT2D eigenvalue weighted by Crippen LogP contribution is 2.35. The Labute approximate surface area is 338 Å². The molecule has 2 bridgehead atoms. The maximum Gasteiger partial charge on any atom is 0.408 e. The number of carbonyl (C=O) groups is 1. The third-order valence-electron chi connectivity index (χ3n) is 11.6. The summed E-state index contributed by atoms with van der Waals surface area (Å²) in [5.74, 6) is 1.87. The zero-order chi connectivity index (χ0) is 40.0. The first-order valence-corrected chi connectivity index (χ1v) is 20.1. The Morgan fingerprint density at radius 1 is 0.879 bits per heavy atom. The zero-order valence-corrected chi connectivity index (χ0v) is 32.6. The number of aliphatic hydroxyl groups is 1. The molecule has 3 aliphatic rings. The van der Waals surface area contributed by atoms with Gasteiger partial charge in [-0.15, -0.1) is 0 Å². The number of rotatable bonds is 14. The highest BCUT2D eigenvalue weighted by atomic mass is 16.6. The van der Waals surface area contributed by atoms with Gasteiger partial charge >= 0.3 is 6.09 Å². The molecule has 0 spiro atoms. The van der Waals surface area contributed by atoms with Gasteiger partial charge in [-0.3, -0.25) is 9.69 Å². The number of H-pyrrole nitrogens is 1. The highest BCUT2D eigenvalue weighted by molar-refractivity contribution is 5.87. The molecule has 0 saturated carbocycles. The lowest BCUT2D eigenvalue weighted by Gasteiger charge is -2.43. The molecule has 5 aromatic carbocycles. The van der Waals surface area contributed by atoms with Crippen molar-refractivity contribution in [2.24, 2.45) is 5.92 Å². The molecular weight excluding hydrogens is 731 g/mol. The average molecular weight is 780 g/mol. The zero-order valence-electron chi connectivity index (χ0n) is 32.6. The number of ether oxygens (including phenoxy) is 3. The summed E-state index contributed by atoms with van der Waals surface area (Å²) < 4.78 is 18.0. The van der Waals surface area contributed by atoms with Crippen molar-refractivity contribution in [3.8, 4) is 28.4 Å². The Balaban J connectivity index is 0.899. The molecule has 10 nitrogen and oxygen atoms in total. The number of hydrogen-bond acceptors (Lipinski definition) is 8. The highest BCUT2D eigenvalue weighted by Gasteiger charge is 2.37. The Morgan fingerprint density at radius 3 is 2.41 bits per heavy atom. The standard InChI is InChI=1S/C48H49N3O7/c1-56-43-21-15-31(7-5-12-41(52)38-18-20-42(53)47-39(38)19-22-45(54)49-47)27-40(43)33-16-13-32(14-17-33)30-57-37-11-6-10-36(28-37)46(35-8-3-2-4-9-35)50-48(55)58-44-29-51-25-23-34(44)24-26-51/h2-4,6,8-11,13-22,27-28,34,41,44,46,52-53H,5,7,12,23-26,29-30H2,1H3,(H,49,54)(H,50,55)/t41-,44-,46-/m0/s1. The smallest absolute Gasteiger partial charge is 0.408 e. The van der Waals surface area contributed by atoms with Crippen molar-refractivity contribution in [1.29, 1.82) is 0 Å². The monoisotopic (exact) mass is 779 g/mol. The molecule has 0 radical (unpaired) electrons. The van der Waals surface area contributed by atoms with Crippen LogP contribution < -0.4 is 20.3 Å². The molecule has 0 aliphatic carbocycles. The first-order valence-electron chi connectivity index (χ1n) is 20.1. The van der Waals surface area contributed by atoms with Crippen LogP contribution in [0.5, 0.6) is 17.2 Å². The molecule has 4 heterocycles. The van der Waals surface area contributed by atoms with E-state index in [-0.39, 0.29) is 17.4 Å². The second-order valence-electron chi connectivity index (χ2n) is 15.4. The number of amides is 1. The number of pyridine rings is 1. The van der Waals surface area contributed by atoms with Crippen LogP contribution >= 0.6 is 0 Å². The molecule has 9 rings (SSSR count). The number of piperidine rings is 3. The van der Waals surface area contributed by atoms with Crippen LogP contribution in [0.4, 0.5) is 4.79 Å². The minimum atomic E-state index is -0.755. The molecule has 3 atom stereocenters. The quantitative estimate of drug-likeness (QED) is 0.0866. The number of nitrogens with one attached hydrogen (secondary N) is 2. The molecule has 3 fully saturated rings. The van der Waals surface area contributed by atoms with Gasteiger partial charge in [0.1, 0.15) is 30.0 Å². The third-order valence-corrected chi connectivity index (χ3v) is 11.6. The van der Waals surface area contributed by atoms with E-state index >= 15 is 0 Å². The molecule has 10 heteroatoms. The second kappa shape index (κ2) is 17.6. The topological polar surface area (TPSA) is 133 Å². The van der Waals surface area contributed by atoms with Gasteiger partial charge in [-0.1, -0.05) is 78.9 Å². The first-order chi connectivity index (χ1) is 28.3. The third kappa shape index (κ3) is 8.88. The van der Waals surface area contributed by atoms with E-state index in [0.29, 0.717) is 41.2 Å². The van der Waals surface area contributed by atoms with E-state index in [1.165, 1.54) is 12.1 Å². The largest absolute Gasteiger partial charge is 0.506 e. The molecular formula is C48H49N3O7. The number of aromatic nitrogens is 1. The van der Waals surface area contributed by atoms with Crippen LogP contribution in [-0.4, -0.2) is 59.0 Å². The summed E-state index contributed by atoms with van der Waals surface area (Å²) in [6, 6.07) is 38.0. The van der Waals surface area contributed by atoms with E-state index in [1.54, 1.807) is 19.2 Å². The van der Waals surface area contributed by atoms with Crippen LogP contribution in [0.3, 0.4) is 0 Å². The van der Waals surface area contributed by atoms with Gasteiger partial charge in [-0.25, -0.2) is 4.79 Å². The van der Waals surface area contributed by atoms with E-state index in [4.69, 9.17) is 14.2 Å². The molecule has 58 heavy (non-hydrogen) atoms. The van der Waals surface area contributed by atoms with Gasteiger partial charge in [0.15, 0.2) is 0 Å². The maximum absolute atomic E-state index is 13.3. The number of fused-ring (bicyclic) bond motifs is 4. The number of alkyl carbamates (subject to hydrolysis) is 1. The summed E-state index contributed by atoms with van der Waals surface area (Å²) in [6.07, 6.45) is 2.89. The number of phenols is 1. The first kappa shape index (κ1) is 38.8. The van der Waals surface area contributed by atoms with Gasteiger partial charge in [0, 0.05) is 23.6 Å². The van der Waals surface area contributed by atoms with E-state index in [9.17, 15) is 19.8 Å². The number of methoxy groups -OCH3 is 1. The molecule has 3 saturated heterocycles. The Kier molecular flexibility index (Phi) is 11.8. The lowest BCUT2D eigenvalue weighted by Crippen LogP contribution is -2.52. The molecule has 0 unspecified atom stereocenters. The fourth-order valence-electron chi connectivity index (χ4n) is 8.41. The summed E-state index contributed by atoms with van der Waals surface area (Å²) in [4.78, 5) is 30.1. The number of aromatic hydroxyl groups is 1. The number of aryl methyl sites for hydroxylation is 1. The Hall–Kier alpha value is -6.10. The van der Waals surface area contributed by atoms with Crippen LogP contribution in [0, 0.1) is 5.92 Å². The van der Waals surface area contributed by atoms with Crippen molar-refractivity contribution >= 4 is 17.0 Å². The van der Waals surface area contributed by atoms with Crippen LogP contribution in [0.15, 0.2) is 126 Å². The fourth-order valence-corrected chi connectivity index (χ4v) is 8.41. The summed E-state index contributed by atoms with van der Waals surface area (Å²) >= 11 is 0. The average Bonchev–Trinajstić information content (AvgIpc) is 3.26. The number of aliphatic hydroxyl groups excluding tert-OH is 1. The maximum atomic E-state index is 13.3. The van der Waals surface area contributed by atoms with Crippen molar-refractivity contribution in [3.63, 3.8) is 0 Å². The number of phenolic OH excluding ortho intramolecular Hbond substituents is 1. The Bertz CT molecular complexity index is 2410. The normalized spacial score (nSPS) is 18.3. The van der Waals surface area contributed by atoms with Crippen molar-refractivity contribution in [2.75, 3.05) is 26.7 Å². The second-order valence-corrected chi connectivity index (χ2v) is 15.4. The minimum absolute atomic E-state index is 0.0266. The summed E-state index contributed by atoms with van der Waals surface area (Å²) in [7, 11) is 1.67. The van der Waals surface area contributed by atoms with Crippen LogP contribution in [-0.2, 0) is 17.8 Å². The molecule has 1 amide bonds. The number of benzene rings is 5. The predicted molar refractivity (Wildman–Crippen MR) is 224 cm³/mol. The summed E-state index contributed by atoms with van der Waals surface area (Å²) in [6.45, 7) is 3.34. The number of nitrogens with zero attached hydrogens (tertiary/aromatic N) is 1. The molecule has 3 aliphatic heterocycles. The van der Waals surface area contributed by atoms with Crippen molar-refractivity contribution in [3.05, 3.63) is 159 Å². The van der Waals surface area contributed by atoms with Gasteiger partial charge in [0.2, 0.25) is 5.56 Å². The Morgan fingerprint density at radius 2 is 1.66 bits per heavy atom. The van der Waals surface area contributed by atoms with E-state index in [0.717, 1.165) is 84.4 Å². The van der Waals surface area contributed by atoms with Crippen LogP contribution in [0.2, 0.25) is 0 Å². The van der Waals surface area contributed by atoms with Crippen LogP contribution in [0.25, 0.3) is 22.0 Å². The van der Waals surface area contributed by atoms with E-state index in [2.05, 4.69) is 45.5 Å². The predicted octanol–water partition coefficient (Wildman–Crippen LogP) is 8.45. The number of aromatic amines is 1. The summed E-state index contributed by atoms with van der Waals surface area (Å²) in [5.41, 5.74) is 6.65. The lowest BCUT2D eigenvalue weighted by atomic mass is 9.86. The SMILES string of the molecule is COc1ccc(CCC[C@H](O)c2ccc(O)c3[nH]c(=O)ccc23)cc1-c1ccc(COc2cccc([C@@H](NC(=O)O[C@H]3CN4CCC3CC4)c3ccccc3)c2)cc1.